The number of rotatable bonds is 7. The molecule has 0 saturated carbocycles. The Hall–Kier alpha value is -2.53. The van der Waals surface area contributed by atoms with Crippen molar-refractivity contribution in [1.82, 2.24) is 0 Å². The second-order valence-electron chi connectivity index (χ2n) is 7.14. The van der Waals surface area contributed by atoms with Crippen molar-refractivity contribution >= 4 is 26.3 Å². The maximum atomic E-state index is 13.9. The van der Waals surface area contributed by atoms with Crippen molar-refractivity contribution in [3.8, 4) is 5.75 Å². The van der Waals surface area contributed by atoms with Gasteiger partial charge >= 0.3 is 0 Å². The van der Waals surface area contributed by atoms with E-state index >= 15 is 0 Å². The van der Waals surface area contributed by atoms with Gasteiger partial charge in [-0.1, -0.05) is 30.7 Å². The molecule has 0 aromatic heterocycles. The van der Waals surface area contributed by atoms with E-state index < -0.39 is 9.84 Å². The molecule has 0 radical (unpaired) electrons. The normalized spacial score (nSPS) is 11.6. The molecule has 0 atom stereocenters. The fraction of sp³-hybridized carbons (Fsp3) is 0.333. The van der Waals surface area contributed by atoms with E-state index in [0.29, 0.717) is 20.9 Å². The molecule has 0 amide bonds. The molecule has 3 rings (SSSR count). The minimum atomic E-state index is -3.73. The third kappa shape index (κ3) is 3.84. The Morgan fingerprint density at radius 1 is 0.931 bits per heavy atom. The maximum Gasteiger partial charge on any atom is 0.209 e. The Morgan fingerprint density at radius 2 is 1.59 bits per heavy atom. The van der Waals surface area contributed by atoms with Gasteiger partial charge in [0.05, 0.1) is 17.7 Å². The molecule has 0 aliphatic carbocycles. The average Bonchev–Trinajstić information content (AvgIpc) is 2.73. The van der Waals surface area contributed by atoms with Crippen LogP contribution in [0.2, 0.25) is 0 Å². The van der Waals surface area contributed by atoms with Crippen LogP contribution in [0.4, 0.5) is 5.69 Å². The van der Waals surface area contributed by atoms with Crippen LogP contribution in [0.5, 0.6) is 5.75 Å². The van der Waals surface area contributed by atoms with Crippen LogP contribution in [0.15, 0.2) is 58.3 Å². The van der Waals surface area contributed by atoms with Gasteiger partial charge in [0.25, 0.3) is 0 Å². The van der Waals surface area contributed by atoms with Crippen molar-refractivity contribution in [2.24, 2.45) is 0 Å². The molecule has 0 spiro atoms. The summed E-state index contributed by atoms with van der Waals surface area (Å²) in [6.45, 7) is 9.60. The van der Waals surface area contributed by atoms with E-state index in [1.54, 1.807) is 19.2 Å². The summed E-state index contributed by atoms with van der Waals surface area (Å²) in [5.74, 6) is 0.646. The van der Waals surface area contributed by atoms with E-state index in [0.717, 1.165) is 41.7 Å². The van der Waals surface area contributed by atoms with Gasteiger partial charge in [-0.2, -0.15) is 0 Å². The van der Waals surface area contributed by atoms with Gasteiger partial charge in [0, 0.05) is 18.5 Å². The van der Waals surface area contributed by atoms with Gasteiger partial charge in [-0.05, 0) is 68.5 Å². The minimum absolute atomic E-state index is 0.314. The van der Waals surface area contributed by atoms with Gasteiger partial charge in [-0.25, -0.2) is 8.42 Å². The standard InChI is InChI=1S/C24H29NO3S/c1-6-18-15-19-11-12-20(28-5)16-22(19)24(23(18)25(7-2)8-3)29(26,27)21-13-9-17(4)10-14-21/h9-16H,6-8H2,1-5H3. The number of benzene rings is 3. The third-order valence-corrected chi connectivity index (χ3v) is 7.26. The molecule has 0 unspecified atom stereocenters. The number of fused-ring (bicyclic) bond motifs is 1. The van der Waals surface area contributed by atoms with Gasteiger partial charge in [-0.3, -0.25) is 0 Å². The average molecular weight is 412 g/mol. The maximum absolute atomic E-state index is 13.9. The highest BCUT2D eigenvalue weighted by atomic mass is 32.2. The lowest BCUT2D eigenvalue weighted by molar-refractivity contribution is 0.415. The first-order valence-corrected chi connectivity index (χ1v) is 11.6. The van der Waals surface area contributed by atoms with Crippen LogP contribution in [0.3, 0.4) is 0 Å². The number of sulfone groups is 1. The fourth-order valence-corrected chi connectivity index (χ4v) is 5.49. The van der Waals surface area contributed by atoms with E-state index in [9.17, 15) is 8.42 Å². The molecule has 4 nitrogen and oxygen atoms in total. The molecule has 0 bridgehead atoms. The summed E-state index contributed by atoms with van der Waals surface area (Å²) in [7, 11) is -2.13. The Bertz CT molecular complexity index is 1120. The summed E-state index contributed by atoms with van der Waals surface area (Å²) >= 11 is 0. The number of anilines is 1. The van der Waals surface area contributed by atoms with E-state index in [4.69, 9.17) is 4.74 Å². The van der Waals surface area contributed by atoms with Gasteiger partial charge in [0.1, 0.15) is 10.6 Å². The first-order valence-electron chi connectivity index (χ1n) is 10.1. The zero-order chi connectivity index (χ0) is 21.2. The van der Waals surface area contributed by atoms with Crippen LogP contribution >= 0.6 is 0 Å². The summed E-state index contributed by atoms with van der Waals surface area (Å²) in [6.07, 6.45) is 0.754. The quantitative estimate of drug-likeness (QED) is 0.522. The van der Waals surface area contributed by atoms with Gasteiger partial charge in [-0.15, -0.1) is 0 Å². The molecule has 29 heavy (non-hydrogen) atoms. The molecule has 0 aliphatic heterocycles. The van der Waals surface area contributed by atoms with Crippen molar-refractivity contribution in [2.75, 3.05) is 25.1 Å². The van der Waals surface area contributed by atoms with Crippen molar-refractivity contribution < 1.29 is 13.2 Å². The Morgan fingerprint density at radius 3 is 2.14 bits per heavy atom. The van der Waals surface area contributed by atoms with Gasteiger partial charge in [0.15, 0.2) is 0 Å². The van der Waals surface area contributed by atoms with Gasteiger partial charge < -0.3 is 9.64 Å². The van der Waals surface area contributed by atoms with Gasteiger partial charge in [0.2, 0.25) is 9.84 Å². The highest BCUT2D eigenvalue weighted by Gasteiger charge is 2.28. The number of methoxy groups -OCH3 is 1. The SMILES string of the molecule is CCc1cc2ccc(OC)cc2c(S(=O)(=O)c2ccc(C)cc2)c1N(CC)CC. The van der Waals surface area contributed by atoms with E-state index in [2.05, 4.69) is 31.7 Å². The Labute approximate surface area is 174 Å². The molecular formula is C24H29NO3S. The lowest BCUT2D eigenvalue weighted by atomic mass is 10.0. The third-order valence-electron chi connectivity index (χ3n) is 5.41. The van der Waals surface area contributed by atoms with Crippen LogP contribution < -0.4 is 9.64 Å². The first-order chi connectivity index (χ1) is 13.9. The molecule has 5 heteroatoms. The van der Waals surface area contributed by atoms with E-state index in [1.807, 2.05) is 37.3 Å². The highest BCUT2D eigenvalue weighted by Crippen LogP contribution is 2.41. The molecule has 0 N–H and O–H groups in total. The number of ether oxygens (including phenoxy) is 1. The predicted octanol–water partition coefficient (Wildman–Crippen LogP) is 5.40. The summed E-state index contributed by atoms with van der Waals surface area (Å²) < 4.78 is 33.2. The fourth-order valence-electron chi connectivity index (χ4n) is 3.78. The summed E-state index contributed by atoms with van der Waals surface area (Å²) in [4.78, 5) is 2.82. The van der Waals surface area contributed by atoms with Crippen LogP contribution in [0, 0.1) is 6.92 Å². The molecule has 0 heterocycles. The molecule has 0 saturated heterocycles. The number of nitrogens with zero attached hydrogens (tertiary/aromatic N) is 1. The zero-order valence-corrected chi connectivity index (χ0v) is 18.6. The lowest BCUT2D eigenvalue weighted by Gasteiger charge is -2.28. The molecule has 154 valence electrons. The van der Waals surface area contributed by atoms with E-state index in [1.165, 1.54) is 0 Å². The highest BCUT2D eigenvalue weighted by molar-refractivity contribution is 7.92. The molecule has 0 fully saturated rings. The lowest BCUT2D eigenvalue weighted by Crippen LogP contribution is -2.26. The van der Waals surface area contributed by atoms with Crippen molar-refractivity contribution in [3.05, 3.63) is 59.7 Å². The second-order valence-corrected chi connectivity index (χ2v) is 9.03. The van der Waals surface area contributed by atoms with Crippen LogP contribution in [0.1, 0.15) is 31.9 Å². The summed E-state index contributed by atoms with van der Waals surface area (Å²) in [5.41, 5.74) is 2.87. The van der Waals surface area contributed by atoms with Crippen molar-refractivity contribution in [1.29, 1.82) is 0 Å². The smallest absolute Gasteiger partial charge is 0.209 e. The monoisotopic (exact) mass is 411 g/mol. The first kappa shape index (κ1) is 21.2. The zero-order valence-electron chi connectivity index (χ0n) is 17.8. The Balaban J connectivity index is 2.48. The predicted molar refractivity (Wildman–Crippen MR) is 120 cm³/mol. The molecule has 3 aromatic rings. The molecule has 0 aliphatic rings. The second kappa shape index (κ2) is 8.46. The van der Waals surface area contributed by atoms with Crippen LogP contribution in [0.25, 0.3) is 10.8 Å². The molecule has 3 aromatic carbocycles. The molecular weight excluding hydrogens is 382 g/mol. The minimum Gasteiger partial charge on any atom is -0.497 e. The van der Waals surface area contributed by atoms with E-state index in [-0.39, 0.29) is 0 Å². The summed E-state index contributed by atoms with van der Waals surface area (Å²) in [5, 5.41) is 1.60. The van der Waals surface area contributed by atoms with Crippen LogP contribution in [-0.2, 0) is 16.3 Å². The number of aryl methyl sites for hydroxylation is 2. The van der Waals surface area contributed by atoms with Crippen molar-refractivity contribution in [3.63, 3.8) is 0 Å². The topological polar surface area (TPSA) is 46.6 Å². The largest absolute Gasteiger partial charge is 0.497 e. The van der Waals surface area contributed by atoms with Crippen molar-refractivity contribution in [2.45, 2.75) is 43.9 Å². The number of hydrogen-bond acceptors (Lipinski definition) is 4. The summed E-state index contributed by atoms with van der Waals surface area (Å²) in [6, 6.07) is 14.8. The van der Waals surface area contributed by atoms with Crippen LogP contribution in [-0.4, -0.2) is 28.6 Å². The Kier molecular flexibility index (Phi) is 6.18. The number of hydrogen-bond donors (Lipinski definition) is 0.